The van der Waals surface area contributed by atoms with Crippen LogP contribution in [0.2, 0.25) is 5.02 Å². The molecular weight excluding hydrogens is 473 g/mol. The molecule has 3 nitrogen and oxygen atoms in total. The average Bonchev–Trinajstić information content (AvgIpc) is 2.82. The molecule has 0 heterocycles. The number of benzene rings is 3. The van der Waals surface area contributed by atoms with Gasteiger partial charge < -0.3 is 9.84 Å². The fraction of sp³-hybridized carbons (Fsp3) is 0.160. The third-order valence-corrected chi connectivity index (χ3v) is 6.07. The molecule has 0 aliphatic carbocycles. The zero-order chi connectivity index (χ0) is 23.8. The molecule has 0 aliphatic heterocycles. The van der Waals surface area contributed by atoms with Crippen LogP contribution in [0.15, 0.2) is 83.8 Å². The first-order valence-corrected chi connectivity index (χ1v) is 11.2. The predicted octanol–water partition coefficient (Wildman–Crippen LogP) is 7.09. The van der Waals surface area contributed by atoms with Gasteiger partial charge in [0.1, 0.15) is 5.75 Å². The van der Waals surface area contributed by atoms with Gasteiger partial charge in [0.05, 0.1) is 5.02 Å². The summed E-state index contributed by atoms with van der Waals surface area (Å²) in [4.78, 5) is 11.4. The highest BCUT2D eigenvalue weighted by Crippen LogP contribution is 2.34. The summed E-state index contributed by atoms with van der Waals surface area (Å²) in [5.41, 5.74) is 1.74. The van der Waals surface area contributed by atoms with Crippen molar-refractivity contribution in [2.45, 2.75) is 10.8 Å². The fourth-order valence-corrected chi connectivity index (χ4v) is 4.18. The van der Waals surface area contributed by atoms with E-state index in [-0.39, 0.29) is 5.56 Å². The molecule has 0 unspecified atom stereocenters. The minimum Gasteiger partial charge on any atom is -0.482 e. The van der Waals surface area contributed by atoms with Gasteiger partial charge in [-0.1, -0.05) is 66.2 Å². The molecule has 33 heavy (non-hydrogen) atoms. The highest BCUT2D eigenvalue weighted by molar-refractivity contribution is 7.99. The van der Waals surface area contributed by atoms with Crippen LogP contribution in [0.1, 0.15) is 16.7 Å². The Morgan fingerprint density at radius 3 is 2.42 bits per heavy atom. The Balaban J connectivity index is 1.84. The standard InChI is InChI=1S/C25H20ClF3O3S/c26-22-14-20(32-15-24(30)31)9-10-23(22)33-12-11-21(17-5-2-1-3-6-17)18-7-4-8-19(13-18)25(28,29)16-27/h1-11,13-14H,12,15-16H2,(H,30,31)/b21-11-. The minimum atomic E-state index is -3.55. The van der Waals surface area contributed by atoms with Gasteiger partial charge in [-0.2, -0.15) is 8.78 Å². The molecular formula is C25H20ClF3O3S. The highest BCUT2D eigenvalue weighted by Gasteiger charge is 2.31. The average molecular weight is 493 g/mol. The van der Waals surface area contributed by atoms with Crippen molar-refractivity contribution in [3.63, 3.8) is 0 Å². The first-order chi connectivity index (χ1) is 15.8. The van der Waals surface area contributed by atoms with Crippen molar-refractivity contribution < 1.29 is 27.8 Å². The van der Waals surface area contributed by atoms with E-state index in [1.165, 1.54) is 36.0 Å². The second-order valence-electron chi connectivity index (χ2n) is 6.99. The molecule has 0 saturated carbocycles. The van der Waals surface area contributed by atoms with Crippen LogP contribution in [0.4, 0.5) is 13.2 Å². The third-order valence-electron chi connectivity index (χ3n) is 4.64. The van der Waals surface area contributed by atoms with E-state index in [9.17, 15) is 18.0 Å². The zero-order valence-electron chi connectivity index (χ0n) is 17.3. The van der Waals surface area contributed by atoms with Crippen LogP contribution >= 0.6 is 23.4 Å². The quantitative estimate of drug-likeness (QED) is 0.307. The van der Waals surface area contributed by atoms with Crippen LogP contribution < -0.4 is 4.74 Å². The van der Waals surface area contributed by atoms with Gasteiger partial charge in [-0.3, -0.25) is 0 Å². The lowest BCUT2D eigenvalue weighted by atomic mass is 9.95. The molecule has 3 rings (SSSR count). The van der Waals surface area contributed by atoms with E-state index in [4.69, 9.17) is 21.4 Å². The molecule has 0 aromatic heterocycles. The van der Waals surface area contributed by atoms with Gasteiger partial charge in [0.15, 0.2) is 13.3 Å². The smallest absolute Gasteiger partial charge is 0.341 e. The maximum Gasteiger partial charge on any atom is 0.341 e. The van der Waals surface area contributed by atoms with Gasteiger partial charge in [-0.15, -0.1) is 11.8 Å². The molecule has 3 aromatic carbocycles. The highest BCUT2D eigenvalue weighted by atomic mass is 35.5. The molecule has 0 fully saturated rings. The third kappa shape index (κ3) is 6.79. The lowest BCUT2D eigenvalue weighted by Gasteiger charge is -2.15. The van der Waals surface area contributed by atoms with Crippen molar-refractivity contribution in [2.24, 2.45) is 0 Å². The number of alkyl halides is 3. The lowest BCUT2D eigenvalue weighted by molar-refractivity contribution is -0.139. The number of carboxylic acid groups (broad SMARTS) is 1. The van der Waals surface area contributed by atoms with E-state index in [2.05, 4.69) is 0 Å². The van der Waals surface area contributed by atoms with Gasteiger partial charge in [0, 0.05) is 16.2 Å². The Morgan fingerprint density at radius 2 is 1.76 bits per heavy atom. The van der Waals surface area contributed by atoms with Crippen molar-refractivity contribution >= 4 is 34.9 Å². The summed E-state index contributed by atoms with van der Waals surface area (Å²) in [6.45, 7) is -2.23. The molecule has 0 aliphatic rings. The van der Waals surface area contributed by atoms with Gasteiger partial charge in [0.2, 0.25) is 0 Å². The number of carboxylic acids is 1. The van der Waals surface area contributed by atoms with Crippen LogP contribution in [-0.4, -0.2) is 30.1 Å². The number of rotatable bonds is 10. The number of hydrogen-bond donors (Lipinski definition) is 1. The van der Waals surface area contributed by atoms with Crippen LogP contribution in [0.5, 0.6) is 5.75 Å². The van der Waals surface area contributed by atoms with Crippen molar-refractivity contribution in [2.75, 3.05) is 19.0 Å². The topological polar surface area (TPSA) is 46.5 Å². The number of carbonyl (C=O) groups is 1. The number of halogens is 4. The summed E-state index contributed by atoms with van der Waals surface area (Å²) in [5.74, 6) is -3.82. The first kappa shape index (κ1) is 24.7. The number of aliphatic carboxylic acids is 1. The minimum absolute atomic E-state index is 0.345. The second kappa shape index (κ2) is 11.3. The van der Waals surface area contributed by atoms with E-state index in [1.807, 2.05) is 36.4 Å². The van der Waals surface area contributed by atoms with E-state index in [0.29, 0.717) is 22.1 Å². The number of hydrogen-bond acceptors (Lipinski definition) is 3. The largest absolute Gasteiger partial charge is 0.482 e. The molecule has 0 spiro atoms. The monoisotopic (exact) mass is 492 g/mol. The van der Waals surface area contributed by atoms with Gasteiger partial charge in [-0.25, -0.2) is 9.18 Å². The molecule has 0 amide bonds. The summed E-state index contributed by atoms with van der Waals surface area (Å²) in [5, 5.41) is 9.11. The fourth-order valence-electron chi connectivity index (χ4n) is 3.06. The van der Waals surface area contributed by atoms with E-state index < -0.39 is 25.2 Å². The maximum atomic E-state index is 13.9. The van der Waals surface area contributed by atoms with Crippen molar-refractivity contribution in [1.82, 2.24) is 0 Å². The van der Waals surface area contributed by atoms with Gasteiger partial charge >= 0.3 is 11.9 Å². The Hall–Kier alpha value is -2.90. The van der Waals surface area contributed by atoms with E-state index >= 15 is 0 Å². The van der Waals surface area contributed by atoms with Crippen LogP contribution in [0.3, 0.4) is 0 Å². The number of ether oxygens (including phenoxy) is 1. The normalized spacial score (nSPS) is 11.9. The van der Waals surface area contributed by atoms with E-state index in [0.717, 1.165) is 16.0 Å². The van der Waals surface area contributed by atoms with E-state index in [1.54, 1.807) is 18.2 Å². The maximum absolute atomic E-state index is 13.9. The summed E-state index contributed by atoms with van der Waals surface area (Å²) < 4.78 is 45.8. The Bertz CT molecular complexity index is 1140. The van der Waals surface area contributed by atoms with Crippen LogP contribution in [-0.2, 0) is 10.7 Å². The number of thioether (sulfide) groups is 1. The lowest BCUT2D eigenvalue weighted by Crippen LogP contribution is -2.15. The summed E-state index contributed by atoms with van der Waals surface area (Å²) in [6.07, 6.45) is 1.90. The van der Waals surface area contributed by atoms with Crippen molar-refractivity contribution in [3.8, 4) is 5.75 Å². The Labute approximate surface area is 198 Å². The summed E-state index contributed by atoms with van der Waals surface area (Å²) in [6, 6.07) is 19.9. The molecule has 172 valence electrons. The molecule has 1 N–H and O–H groups in total. The molecule has 8 heteroatoms. The molecule has 0 radical (unpaired) electrons. The van der Waals surface area contributed by atoms with Crippen molar-refractivity contribution in [1.29, 1.82) is 0 Å². The molecule has 0 atom stereocenters. The molecule has 0 saturated heterocycles. The molecule has 3 aromatic rings. The Kier molecular flexibility index (Phi) is 8.47. The molecule has 0 bridgehead atoms. The second-order valence-corrected chi connectivity index (χ2v) is 8.46. The van der Waals surface area contributed by atoms with Gasteiger partial charge in [-0.05, 0) is 41.0 Å². The summed E-state index contributed by atoms with van der Waals surface area (Å²) >= 11 is 7.72. The zero-order valence-corrected chi connectivity index (χ0v) is 18.9. The SMILES string of the molecule is O=C(O)COc1ccc(SC/C=C(/c2ccccc2)c2cccc(C(F)(F)CF)c2)c(Cl)c1. The first-order valence-electron chi connectivity index (χ1n) is 9.87. The Morgan fingerprint density at radius 1 is 1.03 bits per heavy atom. The van der Waals surface area contributed by atoms with Crippen LogP contribution in [0.25, 0.3) is 5.57 Å². The predicted molar refractivity (Wildman–Crippen MR) is 125 cm³/mol. The van der Waals surface area contributed by atoms with Gasteiger partial charge in [0.25, 0.3) is 0 Å². The summed E-state index contributed by atoms with van der Waals surface area (Å²) in [7, 11) is 0. The van der Waals surface area contributed by atoms with Crippen molar-refractivity contribution in [3.05, 3.63) is 101 Å². The van der Waals surface area contributed by atoms with Crippen LogP contribution in [0, 0.1) is 0 Å².